The van der Waals surface area contributed by atoms with E-state index < -0.39 is 0 Å². The van der Waals surface area contributed by atoms with Crippen LogP contribution in [0.15, 0.2) is 0 Å². The Morgan fingerprint density at radius 2 is 1.56 bits per heavy atom. The minimum Gasteiger partial charge on any atom is -0.334 e. The minimum atomic E-state index is 0.323. The first-order chi connectivity index (χ1) is 7.66. The van der Waals surface area contributed by atoms with Crippen LogP contribution in [0.5, 0.6) is 0 Å². The molecule has 0 spiro atoms. The van der Waals surface area contributed by atoms with Crippen molar-refractivity contribution in [3.63, 3.8) is 0 Å². The summed E-state index contributed by atoms with van der Waals surface area (Å²) >= 11 is 0. The number of carbonyl (C=O) groups excluding carboxylic acids is 1. The lowest BCUT2D eigenvalue weighted by Crippen LogP contribution is -2.68. The van der Waals surface area contributed by atoms with E-state index in [0.29, 0.717) is 17.5 Å². The van der Waals surface area contributed by atoms with Crippen molar-refractivity contribution < 1.29 is 4.79 Å². The van der Waals surface area contributed by atoms with Gasteiger partial charge in [-0.1, -0.05) is 0 Å². The molecule has 0 N–H and O–H groups in total. The second-order valence-electron chi connectivity index (χ2n) is 6.96. The van der Waals surface area contributed by atoms with Gasteiger partial charge in [-0.15, -0.1) is 0 Å². The molecule has 0 aromatic heterocycles. The molecule has 16 heavy (non-hydrogen) atoms. The summed E-state index contributed by atoms with van der Waals surface area (Å²) in [5.41, 5.74) is 0.323. The Hall–Kier alpha value is -0.530. The number of likely N-dealkylation sites (tertiary alicyclic amines) is 1. The van der Waals surface area contributed by atoms with E-state index in [2.05, 4.69) is 11.8 Å². The Morgan fingerprint density at radius 3 is 1.94 bits per heavy atom. The van der Waals surface area contributed by atoms with Gasteiger partial charge in [0.2, 0.25) is 5.91 Å². The van der Waals surface area contributed by atoms with Crippen LogP contribution in [0.2, 0.25) is 0 Å². The average Bonchev–Trinajstić information content (AvgIpc) is 2.13. The summed E-state index contributed by atoms with van der Waals surface area (Å²) in [4.78, 5) is 14.2. The molecule has 2 heteroatoms. The second-order valence-corrected chi connectivity index (χ2v) is 6.96. The van der Waals surface area contributed by atoms with Crippen LogP contribution in [0.1, 0.15) is 51.9 Å². The van der Waals surface area contributed by atoms with Crippen LogP contribution in [-0.2, 0) is 4.79 Å². The van der Waals surface area contributed by atoms with E-state index in [1.807, 2.05) is 0 Å². The standard InChI is InChI=1S/C14H21NO/c1-9-2-13(16)15(9)14-6-10-3-11(7-14)5-12(4-10)8-14/h9-12H,2-8H2,1H3/t9-,10?,11?,12?,14?/m0/s1. The number of hydrogen-bond donors (Lipinski definition) is 0. The third kappa shape index (κ3) is 1.06. The zero-order valence-electron chi connectivity index (χ0n) is 10.1. The van der Waals surface area contributed by atoms with Crippen LogP contribution in [0.25, 0.3) is 0 Å². The Balaban J connectivity index is 1.68. The number of carbonyl (C=O) groups is 1. The molecule has 1 saturated heterocycles. The van der Waals surface area contributed by atoms with Crippen molar-refractivity contribution in [2.24, 2.45) is 17.8 Å². The molecule has 1 amide bonds. The molecule has 1 aliphatic heterocycles. The van der Waals surface area contributed by atoms with Crippen molar-refractivity contribution >= 4 is 5.91 Å². The van der Waals surface area contributed by atoms with Crippen LogP contribution in [0, 0.1) is 17.8 Å². The number of β-lactam (4-membered cyclic amide) rings is 1. The summed E-state index contributed by atoms with van der Waals surface area (Å²) < 4.78 is 0. The van der Waals surface area contributed by atoms with Gasteiger partial charge in [-0.25, -0.2) is 0 Å². The van der Waals surface area contributed by atoms with E-state index in [-0.39, 0.29) is 0 Å². The van der Waals surface area contributed by atoms with Crippen molar-refractivity contribution in [2.75, 3.05) is 0 Å². The number of nitrogens with zero attached hydrogens (tertiary/aromatic N) is 1. The Kier molecular flexibility index (Phi) is 1.68. The quantitative estimate of drug-likeness (QED) is 0.621. The van der Waals surface area contributed by atoms with Crippen molar-refractivity contribution in [1.29, 1.82) is 0 Å². The Labute approximate surface area is 97.4 Å². The molecule has 5 aliphatic rings. The highest BCUT2D eigenvalue weighted by Gasteiger charge is 2.57. The van der Waals surface area contributed by atoms with Crippen LogP contribution in [0.4, 0.5) is 0 Å². The zero-order chi connectivity index (χ0) is 10.9. The summed E-state index contributed by atoms with van der Waals surface area (Å²) in [7, 11) is 0. The van der Waals surface area contributed by atoms with Gasteiger partial charge in [0, 0.05) is 18.0 Å². The largest absolute Gasteiger partial charge is 0.334 e. The molecule has 4 bridgehead atoms. The molecular formula is C14H21NO. The van der Waals surface area contributed by atoms with Gasteiger partial charge >= 0.3 is 0 Å². The second kappa shape index (κ2) is 2.83. The lowest BCUT2D eigenvalue weighted by atomic mass is 9.52. The molecule has 0 aromatic rings. The van der Waals surface area contributed by atoms with E-state index in [0.717, 1.165) is 24.2 Å². The van der Waals surface area contributed by atoms with Crippen LogP contribution in [0.3, 0.4) is 0 Å². The number of hydrogen-bond acceptors (Lipinski definition) is 1. The third-order valence-electron chi connectivity index (χ3n) is 5.70. The van der Waals surface area contributed by atoms with Gasteiger partial charge in [-0.2, -0.15) is 0 Å². The van der Waals surface area contributed by atoms with Crippen molar-refractivity contribution in [2.45, 2.75) is 63.5 Å². The van der Waals surface area contributed by atoms with Gasteiger partial charge in [0.25, 0.3) is 0 Å². The lowest BCUT2D eigenvalue weighted by Gasteiger charge is -2.64. The van der Waals surface area contributed by atoms with Crippen molar-refractivity contribution in [3.05, 3.63) is 0 Å². The van der Waals surface area contributed by atoms with Crippen molar-refractivity contribution in [3.8, 4) is 0 Å². The van der Waals surface area contributed by atoms with Crippen LogP contribution in [-0.4, -0.2) is 22.4 Å². The summed E-state index contributed by atoms with van der Waals surface area (Å²) in [6.45, 7) is 2.24. The van der Waals surface area contributed by atoms with Gasteiger partial charge in [0.05, 0.1) is 0 Å². The van der Waals surface area contributed by atoms with Crippen LogP contribution < -0.4 is 0 Å². The van der Waals surface area contributed by atoms with Gasteiger partial charge in [0.15, 0.2) is 0 Å². The molecule has 1 atom stereocenters. The van der Waals surface area contributed by atoms with E-state index in [1.165, 1.54) is 38.5 Å². The minimum absolute atomic E-state index is 0.323. The maximum absolute atomic E-state index is 11.9. The Bertz CT molecular complexity index is 313. The average molecular weight is 219 g/mol. The molecule has 2 nitrogen and oxygen atoms in total. The molecular weight excluding hydrogens is 198 g/mol. The molecule has 0 aromatic carbocycles. The van der Waals surface area contributed by atoms with Gasteiger partial charge in [-0.05, 0) is 63.2 Å². The molecule has 5 rings (SSSR count). The van der Waals surface area contributed by atoms with E-state index >= 15 is 0 Å². The highest BCUT2D eigenvalue weighted by molar-refractivity contribution is 5.84. The smallest absolute Gasteiger partial charge is 0.225 e. The molecule has 0 unspecified atom stereocenters. The highest BCUT2D eigenvalue weighted by atomic mass is 16.2. The van der Waals surface area contributed by atoms with E-state index in [1.54, 1.807) is 0 Å². The molecule has 1 heterocycles. The van der Waals surface area contributed by atoms with E-state index in [9.17, 15) is 4.79 Å². The SMILES string of the molecule is C[C@H]1CC(=O)N1C12CC3CC(CC(C3)C1)C2. The predicted octanol–water partition coefficient (Wildman–Crippen LogP) is 2.58. The fourth-order valence-corrected chi connectivity index (χ4v) is 5.67. The first kappa shape index (κ1) is 9.49. The summed E-state index contributed by atoms with van der Waals surface area (Å²) in [6.07, 6.45) is 9.20. The molecule has 5 fully saturated rings. The van der Waals surface area contributed by atoms with E-state index in [4.69, 9.17) is 0 Å². The number of amides is 1. The fourth-order valence-electron chi connectivity index (χ4n) is 5.67. The van der Waals surface area contributed by atoms with Crippen LogP contribution >= 0.6 is 0 Å². The first-order valence-electron chi connectivity index (χ1n) is 6.98. The topological polar surface area (TPSA) is 20.3 Å². The molecule has 4 saturated carbocycles. The maximum Gasteiger partial charge on any atom is 0.225 e. The molecule has 0 radical (unpaired) electrons. The predicted molar refractivity (Wildman–Crippen MR) is 61.8 cm³/mol. The normalized spacial score (nSPS) is 54.3. The van der Waals surface area contributed by atoms with Gasteiger partial charge < -0.3 is 4.90 Å². The molecule has 88 valence electrons. The third-order valence-corrected chi connectivity index (χ3v) is 5.70. The highest BCUT2D eigenvalue weighted by Crippen LogP contribution is 2.59. The lowest BCUT2D eigenvalue weighted by molar-refractivity contribution is -0.173. The Morgan fingerprint density at radius 1 is 1.06 bits per heavy atom. The van der Waals surface area contributed by atoms with Crippen molar-refractivity contribution in [1.82, 2.24) is 4.90 Å². The monoisotopic (exact) mass is 219 g/mol. The van der Waals surface area contributed by atoms with Gasteiger partial charge in [0.1, 0.15) is 0 Å². The maximum atomic E-state index is 11.9. The van der Waals surface area contributed by atoms with Gasteiger partial charge in [-0.3, -0.25) is 4.79 Å². The first-order valence-corrected chi connectivity index (χ1v) is 6.98. The zero-order valence-corrected chi connectivity index (χ0v) is 10.1. The summed E-state index contributed by atoms with van der Waals surface area (Å²) in [5.74, 6) is 3.29. The fraction of sp³-hybridized carbons (Fsp3) is 0.929. The summed E-state index contributed by atoms with van der Waals surface area (Å²) in [5, 5.41) is 0. The number of rotatable bonds is 1. The molecule has 4 aliphatic carbocycles. The summed E-state index contributed by atoms with van der Waals surface area (Å²) in [6, 6.07) is 0.531.